The molecule has 0 bridgehead atoms. The summed E-state index contributed by atoms with van der Waals surface area (Å²) in [5.41, 5.74) is 3.47. The fraction of sp³-hybridized carbons (Fsp3) is 0.368. The van der Waals surface area contributed by atoms with Gasteiger partial charge < -0.3 is 24.3 Å². The summed E-state index contributed by atoms with van der Waals surface area (Å²) in [6.07, 6.45) is 0.943. The molecule has 0 radical (unpaired) electrons. The van der Waals surface area contributed by atoms with Crippen LogP contribution in [-0.2, 0) is 6.42 Å². The molecule has 0 unspecified atom stereocenters. The molecule has 0 amide bonds. The molecule has 2 aromatic rings. The molecule has 1 aliphatic rings. The molecule has 2 aromatic carbocycles. The van der Waals surface area contributed by atoms with Gasteiger partial charge in [0, 0.05) is 12.1 Å². The van der Waals surface area contributed by atoms with Crippen molar-refractivity contribution < 1.29 is 18.9 Å². The predicted octanol–water partition coefficient (Wildman–Crippen LogP) is 2.96. The molecule has 1 heterocycles. The lowest BCUT2D eigenvalue weighted by molar-refractivity contribution is 0.352. The normalized spacial score (nSPS) is 16.2. The zero-order valence-electron chi connectivity index (χ0n) is 14.5. The first-order chi connectivity index (χ1) is 11.7. The molecule has 0 aromatic heterocycles. The van der Waals surface area contributed by atoms with Crippen LogP contribution in [0.3, 0.4) is 0 Å². The molecule has 0 aliphatic carbocycles. The topological polar surface area (TPSA) is 49.0 Å². The zero-order chi connectivity index (χ0) is 17.1. The number of rotatable bonds is 5. The first kappa shape index (κ1) is 16.5. The van der Waals surface area contributed by atoms with Crippen LogP contribution in [0.5, 0.6) is 23.0 Å². The molecule has 1 aliphatic heterocycles. The lowest BCUT2D eigenvalue weighted by Gasteiger charge is -2.29. The molecule has 5 nitrogen and oxygen atoms in total. The Balaban J connectivity index is 2.13. The van der Waals surface area contributed by atoms with E-state index in [4.69, 9.17) is 18.9 Å². The molecular weight excluding hydrogens is 306 g/mol. The minimum atomic E-state index is 0.0126. The minimum absolute atomic E-state index is 0.0126. The molecule has 0 spiro atoms. The van der Waals surface area contributed by atoms with Crippen LogP contribution >= 0.6 is 0 Å². The van der Waals surface area contributed by atoms with Gasteiger partial charge in [0.25, 0.3) is 0 Å². The number of hydrogen-bond donors (Lipinski definition) is 1. The summed E-state index contributed by atoms with van der Waals surface area (Å²) < 4.78 is 21.9. The Morgan fingerprint density at radius 3 is 2.17 bits per heavy atom. The van der Waals surface area contributed by atoms with E-state index in [0.29, 0.717) is 0 Å². The molecule has 3 rings (SSSR count). The number of hydrogen-bond acceptors (Lipinski definition) is 5. The van der Waals surface area contributed by atoms with Crippen LogP contribution in [0.4, 0.5) is 0 Å². The molecule has 0 saturated carbocycles. The van der Waals surface area contributed by atoms with Gasteiger partial charge in [-0.15, -0.1) is 0 Å². The lowest BCUT2D eigenvalue weighted by Crippen LogP contribution is -2.31. The molecule has 1 atom stereocenters. The van der Waals surface area contributed by atoms with E-state index in [-0.39, 0.29) is 6.04 Å². The first-order valence-corrected chi connectivity index (χ1v) is 7.92. The van der Waals surface area contributed by atoms with Gasteiger partial charge in [0.2, 0.25) is 0 Å². The van der Waals surface area contributed by atoms with E-state index in [9.17, 15) is 0 Å². The molecule has 0 fully saturated rings. The van der Waals surface area contributed by atoms with Gasteiger partial charge in [0.15, 0.2) is 11.5 Å². The highest BCUT2D eigenvalue weighted by Gasteiger charge is 2.26. The number of methoxy groups -OCH3 is 4. The van der Waals surface area contributed by atoms with Crippen molar-refractivity contribution >= 4 is 0 Å². The quantitative estimate of drug-likeness (QED) is 0.914. The third-order valence-electron chi connectivity index (χ3n) is 4.45. The second-order valence-corrected chi connectivity index (χ2v) is 5.65. The van der Waals surface area contributed by atoms with Crippen molar-refractivity contribution in [3.63, 3.8) is 0 Å². The summed E-state index contributed by atoms with van der Waals surface area (Å²) in [5.74, 6) is 3.12. The number of fused-ring (bicyclic) bond motifs is 1. The van der Waals surface area contributed by atoms with Crippen LogP contribution in [0.1, 0.15) is 22.7 Å². The van der Waals surface area contributed by atoms with Crippen LogP contribution in [0.15, 0.2) is 30.3 Å². The van der Waals surface area contributed by atoms with Crippen LogP contribution in [0, 0.1) is 0 Å². The lowest BCUT2D eigenvalue weighted by atomic mass is 9.89. The van der Waals surface area contributed by atoms with Gasteiger partial charge in [-0.05, 0) is 47.9 Å². The van der Waals surface area contributed by atoms with E-state index >= 15 is 0 Å². The van der Waals surface area contributed by atoms with E-state index in [0.717, 1.165) is 41.5 Å². The Bertz CT molecular complexity index is 730. The largest absolute Gasteiger partial charge is 0.497 e. The van der Waals surface area contributed by atoms with Gasteiger partial charge in [-0.1, -0.05) is 0 Å². The molecule has 128 valence electrons. The van der Waals surface area contributed by atoms with Gasteiger partial charge in [-0.3, -0.25) is 0 Å². The highest BCUT2D eigenvalue weighted by Crippen LogP contribution is 2.40. The summed E-state index contributed by atoms with van der Waals surface area (Å²) in [4.78, 5) is 0. The van der Waals surface area contributed by atoms with Crippen molar-refractivity contribution in [2.75, 3.05) is 35.0 Å². The SMILES string of the molecule is COc1ccc(OC)c([C@@H]2NCCc3cc(OC)c(OC)cc32)c1. The van der Waals surface area contributed by atoms with Gasteiger partial charge in [-0.2, -0.15) is 0 Å². The summed E-state index contributed by atoms with van der Waals surface area (Å²) >= 11 is 0. The second kappa shape index (κ2) is 7.01. The second-order valence-electron chi connectivity index (χ2n) is 5.65. The maximum atomic E-state index is 5.56. The molecule has 5 heteroatoms. The van der Waals surface area contributed by atoms with Gasteiger partial charge >= 0.3 is 0 Å². The monoisotopic (exact) mass is 329 g/mol. The Hall–Kier alpha value is -2.40. The fourth-order valence-electron chi connectivity index (χ4n) is 3.23. The smallest absolute Gasteiger partial charge is 0.161 e. The number of ether oxygens (including phenoxy) is 4. The van der Waals surface area contributed by atoms with E-state index in [1.807, 2.05) is 24.3 Å². The van der Waals surface area contributed by atoms with E-state index in [1.54, 1.807) is 28.4 Å². The Labute approximate surface area is 142 Å². The summed E-state index contributed by atoms with van der Waals surface area (Å²) in [6, 6.07) is 9.98. The third kappa shape index (κ3) is 2.87. The molecular formula is C19H23NO4. The zero-order valence-corrected chi connectivity index (χ0v) is 14.5. The highest BCUT2D eigenvalue weighted by atomic mass is 16.5. The van der Waals surface area contributed by atoms with E-state index < -0.39 is 0 Å². The Kier molecular flexibility index (Phi) is 4.81. The maximum Gasteiger partial charge on any atom is 0.161 e. The standard InChI is InChI=1S/C19H23NO4/c1-21-13-5-6-16(22-2)15(10-13)19-14-11-18(24-4)17(23-3)9-12(14)7-8-20-19/h5-6,9-11,19-20H,7-8H2,1-4H3/t19-/m1/s1. The molecule has 0 saturated heterocycles. The Morgan fingerprint density at radius 2 is 1.50 bits per heavy atom. The Morgan fingerprint density at radius 1 is 0.792 bits per heavy atom. The molecule has 24 heavy (non-hydrogen) atoms. The van der Waals surface area contributed by atoms with E-state index in [2.05, 4.69) is 11.4 Å². The van der Waals surface area contributed by atoms with Gasteiger partial charge in [-0.25, -0.2) is 0 Å². The van der Waals surface area contributed by atoms with Crippen molar-refractivity contribution in [2.24, 2.45) is 0 Å². The van der Waals surface area contributed by atoms with Crippen molar-refractivity contribution in [1.29, 1.82) is 0 Å². The van der Waals surface area contributed by atoms with E-state index in [1.165, 1.54) is 11.1 Å². The van der Waals surface area contributed by atoms with Crippen molar-refractivity contribution in [3.8, 4) is 23.0 Å². The minimum Gasteiger partial charge on any atom is -0.497 e. The summed E-state index contributed by atoms with van der Waals surface area (Å²) in [5, 5.41) is 3.57. The fourth-order valence-corrected chi connectivity index (χ4v) is 3.23. The predicted molar refractivity (Wildman–Crippen MR) is 92.6 cm³/mol. The van der Waals surface area contributed by atoms with Crippen molar-refractivity contribution in [2.45, 2.75) is 12.5 Å². The average molecular weight is 329 g/mol. The van der Waals surface area contributed by atoms with Gasteiger partial charge in [0.05, 0.1) is 34.5 Å². The maximum absolute atomic E-state index is 5.56. The number of nitrogens with one attached hydrogen (secondary N) is 1. The van der Waals surface area contributed by atoms with Crippen LogP contribution in [-0.4, -0.2) is 35.0 Å². The van der Waals surface area contributed by atoms with Crippen molar-refractivity contribution in [1.82, 2.24) is 5.32 Å². The molecule has 1 N–H and O–H groups in total. The summed E-state index contributed by atoms with van der Waals surface area (Å²) in [7, 11) is 6.67. The van der Waals surface area contributed by atoms with Crippen LogP contribution in [0.25, 0.3) is 0 Å². The highest BCUT2D eigenvalue weighted by molar-refractivity contribution is 5.54. The van der Waals surface area contributed by atoms with Crippen LogP contribution in [0.2, 0.25) is 0 Å². The van der Waals surface area contributed by atoms with Crippen molar-refractivity contribution in [3.05, 3.63) is 47.0 Å². The van der Waals surface area contributed by atoms with Crippen LogP contribution < -0.4 is 24.3 Å². The summed E-state index contributed by atoms with van der Waals surface area (Å²) in [6.45, 7) is 0.882. The first-order valence-electron chi connectivity index (χ1n) is 7.92. The number of benzene rings is 2. The average Bonchev–Trinajstić information content (AvgIpc) is 2.65. The van der Waals surface area contributed by atoms with Gasteiger partial charge in [0.1, 0.15) is 11.5 Å². The third-order valence-corrected chi connectivity index (χ3v) is 4.45.